The lowest BCUT2D eigenvalue weighted by atomic mass is 9.97. The van der Waals surface area contributed by atoms with Crippen LogP contribution in [-0.4, -0.2) is 32.4 Å². The van der Waals surface area contributed by atoms with Crippen molar-refractivity contribution in [3.8, 4) is 0 Å². The smallest absolute Gasteiger partial charge is 0.317 e. The summed E-state index contributed by atoms with van der Waals surface area (Å²) in [5.41, 5.74) is 2.99. The zero-order valence-electron chi connectivity index (χ0n) is 16.9. The van der Waals surface area contributed by atoms with Crippen molar-refractivity contribution in [2.75, 3.05) is 13.1 Å². The highest BCUT2D eigenvalue weighted by Gasteiger charge is 2.24. The molecular weight excluding hydrogens is 374 g/mol. The molecule has 0 bridgehead atoms. The molecule has 5 rings (SSSR count). The Labute approximate surface area is 175 Å². The summed E-state index contributed by atoms with van der Waals surface area (Å²) >= 11 is 0. The van der Waals surface area contributed by atoms with Crippen molar-refractivity contribution in [3.63, 3.8) is 0 Å². The lowest BCUT2D eigenvalue weighted by Gasteiger charge is -2.22. The van der Waals surface area contributed by atoms with Gasteiger partial charge in [0, 0.05) is 23.1 Å². The average Bonchev–Trinajstić information content (AvgIpc) is 3.10. The van der Waals surface area contributed by atoms with Gasteiger partial charge in [-0.3, -0.25) is 9.55 Å². The topological polar surface area (TPSA) is 64.7 Å². The van der Waals surface area contributed by atoms with Crippen LogP contribution >= 0.6 is 0 Å². The zero-order valence-corrected chi connectivity index (χ0v) is 16.9. The van der Waals surface area contributed by atoms with E-state index in [4.69, 9.17) is 5.10 Å². The van der Waals surface area contributed by atoms with Crippen LogP contribution in [-0.2, 0) is 13.1 Å². The Morgan fingerprint density at radius 2 is 1.73 bits per heavy atom. The summed E-state index contributed by atoms with van der Waals surface area (Å²) in [6.07, 6.45) is 3.80. The summed E-state index contributed by atoms with van der Waals surface area (Å²) in [7, 11) is 0. The molecular formula is C24H25N5O. The fourth-order valence-electron chi connectivity index (χ4n) is 4.31. The maximum absolute atomic E-state index is 13.4. The first-order chi connectivity index (χ1) is 14.8. The van der Waals surface area contributed by atoms with Gasteiger partial charge in [0.15, 0.2) is 0 Å². The SMILES string of the molecule is O=c1n(Cc2cccc3cccnc23)nc(C2CCNCC2)n1Cc1ccccc1. The van der Waals surface area contributed by atoms with Crippen LogP contribution in [0.2, 0.25) is 0 Å². The minimum atomic E-state index is -0.0553. The molecule has 0 saturated carbocycles. The van der Waals surface area contributed by atoms with Gasteiger partial charge in [0.1, 0.15) is 5.82 Å². The lowest BCUT2D eigenvalue weighted by Crippen LogP contribution is -2.30. The third kappa shape index (κ3) is 3.66. The Kier molecular flexibility index (Phi) is 5.15. The van der Waals surface area contributed by atoms with Crippen LogP contribution in [0.3, 0.4) is 0 Å². The molecule has 6 nitrogen and oxygen atoms in total. The molecule has 1 saturated heterocycles. The van der Waals surface area contributed by atoms with Gasteiger partial charge in [-0.1, -0.05) is 54.6 Å². The molecule has 0 aliphatic carbocycles. The summed E-state index contributed by atoms with van der Waals surface area (Å²) in [6.45, 7) is 2.90. The van der Waals surface area contributed by atoms with Crippen LogP contribution in [0.25, 0.3) is 10.9 Å². The first-order valence-corrected chi connectivity index (χ1v) is 10.5. The second-order valence-electron chi connectivity index (χ2n) is 7.89. The highest BCUT2D eigenvalue weighted by Crippen LogP contribution is 2.24. The molecule has 0 atom stereocenters. The molecule has 4 aromatic rings. The highest BCUT2D eigenvalue weighted by molar-refractivity contribution is 5.81. The number of para-hydroxylation sites is 1. The molecule has 2 aromatic carbocycles. The van der Waals surface area contributed by atoms with Crippen molar-refractivity contribution in [3.05, 3.63) is 94.3 Å². The van der Waals surface area contributed by atoms with E-state index in [1.54, 1.807) is 10.9 Å². The van der Waals surface area contributed by atoms with Crippen molar-refractivity contribution in [2.45, 2.75) is 31.8 Å². The Bertz CT molecular complexity index is 1200. The molecule has 6 heteroatoms. The Morgan fingerprint density at radius 3 is 2.57 bits per heavy atom. The van der Waals surface area contributed by atoms with Gasteiger partial charge in [0.2, 0.25) is 0 Å². The van der Waals surface area contributed by atoms with E-state index < -0.39 is 0 Å². The maximum atomic E-state index is 13.4. The summed E-state index contributed by atoms with van der Waals surface area (Å²) < 4.78 is 3.48. The predicted octanol–water partition coefficient (Wildman–Crippen LogP) is 3.16. The van der Waals surface area contributed by atoms with E-state index in [-0.39, 0.29) is 5.69 Å². The van der Waals surface area contributed by atoms with E-state index in [9.17, 15) is 4.79 Å². The molecule has 0 unspecified atom stereocenters. The first kappa shape index (κ1) is 18.8. The molecule has 3 heterocycles. The molecule has 0 spiro atoms. The standard InChI is InChI=1S/C24H25N5O/c30-24-28(16-18-6-2-1-3-7-18)23(20-11-14-25-15-12-20)27-29(24)17-21-9-4-8-19-10-5-13-26-22(19)21/h1-10,13,20,25H,11-12,14-17H2. The number of hydrogen-bond acceptors (Lipinski definition) is 4. The van der Waals surface area contributed by atoms with Gasteiger partial charge >= 0.3 is 5.69 Å². The number of piperidine rings is 1. The molecule has 1 N–H and O–H groups in total. The third-order valence-corrected chi connectivity index (χ3v) is 5.88. The van der Waals surface area contributed by atoms with Gasteiger partial charge < -0.3 is 5.32 Å². The van der Waals surface area contributed by atoms with Crippen molar-refractivity contribution >= 4 is 10.9 Å². The Morgan fingerprint density at radius 1 is 0.933 bits per heavy atom. The van der Waals surface area contributed by atoms with Crippen LogP contribution in [0.4, 0.5) is 0 Å². The maximum Gasteiger partial charge on any atom is 0.346 e. The molecule has 30 heavy (non-hydrogen) atoms. The second kappa shape index (κ2) is 8.24. The lowest BCUT2D eigenvalue weighted by molar-refractivity contribution is 0.431. The van der Waals surface area contributed by atoms with Crippen LogP contribution in [0.5, 0.6) is 0 Å². The Hall–Kier alpha value is -3.25. The van der Waals surface area contributed by atoms with E-state index >= 15 is 0 Å². The first-order valence-electron chi connectivity index (χ1n) is 10.5. The molecule has 1 aliphatic rings. The van der Waals surface area contributed by atoms with Gasteiger partial charge in [-0.2, -0.15) is 5.10 Å². The third-order valence-electron chi connectivity index (χ3n) is 5.88. The van der Waals surface area contributed by atoms with Crippen LogP contribution < -0.4 is 11.0 Å². The number of fused-ring (bicyclic) bond motifs is 1. The summed E-state index contributed by atoms with van der Waals surface area (Å²) in [6, 6.07) is 20.2. The van der Waals surface area contributed by atoms with E-state index in [0.717, 1.165) is 53.8 Å². The van der Waals surface area contributed by atoms with Crippen LogP contribution in [0.1, 0.15) is 35.7 Å². The van der Waals surface area contributed by atoms with Gasteiger partial charge in [-0.05, 0) is 37.6 Å². The fraction of sp³-hybridized carbons (Fsp3) is 0.292. The average molecular weight is 399 g/mol. The molecule has 0 amide bonds. The van der Waals surface area contributed by atoms with Gasteiger partial charge in [0.25, 0.3) is 0 Å². The minimum Gasteiger partial charge on any atom is -0.317 e. The highest BCUT2D eigenvalue weighted by atomic mass is 16.2. The summed E-state index contributed by atoms with van der Waals surface area (Å²) in [4.78, 5) is 17.9. The van der Waals surface area contributed by atoms with E-state index in [1.807, 2.05) is 53.1 Å². The number of aromatic nitrogens is 4. The number of hydrogen-bond donors (Lipinski definition) is 1. The number of nitrogens with one attached hydrogen (secondary N) is 1. The number of benzene rings is 2. The molecule has 0 radical (unpaired) electrons. The molecule has 2 aromatic heterocycles. The Balaban J connectivity index is 1.56. The largest absolute Gasteiger partial charge is 0.346 e. The number of pyridine rings is 1. The number of nitrogens with zero attached hydrogens (tertiary/aromatic N) is 4. The predicted molar refractivity (Wildman–Crippen MR) is 118 cm³/mol. The normalized spacial score (nSPS) is 14.9. The quantitative estimate of drug-likeness (QED) is 0.560. The van der Waals surface area contributed by atoms with Crippen molar-refractivity contribution < 1.29 is 0 Å². The number of rotatable bonds is 5. The molecule has 1 fully saturated rings. The molecule has 1 aliphatic heterocycles. The molecule has 152 valence electrons. The fourth-order valence-corrected chi connectivity index (χ4v) is 4.31. The van der Waals surface area contributed by atoms with Crippen LogP contribution in [0, 0.1) is 0 Å². The summed E-state index contributed by atoms with van der Waals surface area (Å²) in [5, 5.41) is 9.32. The van der Waals surface area contributed by atoms with Crippen molar-refractivity contribution in [2.24, 2.45) is 0 Å². The van der Waals surface area contributed by atoms with E-state index in [0.29, 0.717) is 19.0 Å². The van der Waals surface area contributed by atoms with Gasteiger partial charge in [0.05, 0.1) is 18.6 Å². The monoisotopic (exact) mass is 399 g/mol. The zero-order chi connectivity index (χ0) is 20.3. The minimum absolute atomic E-state index is 0.0553. The van der Waals surface area contributed by atoms with Gasteiger partial charge in [-0.25, -0.2) is 9.48 Å². The van der Waals surface area contributed by atoms with Crippen molar-refractivity contribution in [1.82, 2.24) is 24.6 Å². The van der Waals surface area contributed by atoms with Crippen LogP contribution in [0.15, 0.2) is 71.7 Å². The second-order valence-corrected chi connectivity index (χ2v) is 7.89. The van der Waals surface area contributed by atoms with Gasteiger partial charge in [-0.15, -0.1) is 0 Å². The van der Waals surface area contributed by atoms with E-state index in [1.165, 1.54) is 0 Å². The van der Waals surface area contributed by atoms with Crippen molar-refractivity contribution in [1.29, 1.82) is 0 Å². The summed E-state index contributed by atoms with van der Waals surface area (Å²) in [5.74, 6) is 1.20. The van der Waals surface area contributed by atoms with E-state index in [2.05, 4.69) is 22.4 Å².